The number of hydrogen-bond donors (Lipinski definition) is 2. The zero-order valence-electron chi connectivity index (χ0n) is 10.6. The van der Waals surface area contributed by atoms with Gasteiger partial charge in [0.2, 0.25) is 5.91 Å². The molecule has 0 radical (unpaired) electrons. The van der Waals surface area contributed by atoms with E-state index in [9.17, 15) is 4.79 Å². The molecule has 1 aliphatic carbocycles. The van der Waals surface area contributed by atoms with Crippen molar-refractivity contribution >= 4 is 11.6 Å². The predicted molar refractivity (Wildman–Crippen MR) is 76.1 cm³/mol. The average molecular weight is 252 g/mol. The smallest absolute Gasteiger partial charge is 0.248 e. The molecule has 0 saturated heterocycles. The third kappa shape index (κ3) is 2.32. The van der Waals surface area contributed by atoms with Crippen LogP contribution in [-0.2, 0) is 6.42 Å². The Kier molecular flexibility index (Phi) is 2.95. The van der Waals surface area contributed by atoms with Crippen LogP contribution in [0.4, 0.5) is 5.69 Å². The minimum atomic E-state index is -0.391. The Bertz CT molecular complexity index is 604. The largest absolute Gasteiger partial charge is 0.378 e. The molecule has 0 heterocycles. The molecule has 1 aliphatic rings. The van der Waals surface area contributed by atoms with Crippen molar-refractivity contribution in [3.8, 4) is 0 Å². The molecule has 0 saturated carbocycles. The number of fused-ring (bicyclic) bond motifs is 1. The van der Waals surface area contributed by atoms with Crippen molar-refractivity contribution in [2.45, 2.75) is 18.9 Å². The summed E-state index contributed by atoms with van der Waals surface area (Å²) in [5.74, 6) is -0.391. The number of primary amides is 1. The fraction of sp³-hybridized carbons (Fsp3) is 0.188. The lowest BCUT2D eigenvalue weighted by atomic mass is 10.1. The Morgan fingerprint density at radius 3 is 2.58 bits per heavy atom. The highest BCUT2D eigenvalue weighted by Crippen LogP contribution is 2.33. The molecule has 2 aromatic rings. The van der Waals surface area contributed by atoms with Gasteiger partial charge in [-0.25, -0.2) is 0 Å². The molecule has 3 nitrogen and oxygen atoms in total. The van der Waals surface area contributed by atoms with Crippen molar-refractivity contribution in [3.05, 3.63) is 65.2 Å². The minimum absolute atomic E-state index is 0.357. The van der Waals surface area contributed by atoms with Gasteiger partial charge in [0.05, 0.1) is 6.04 Å². The van der Waals surface area contributed by atoms with E-state index in [-0.39, 0.29) is 0 Å². The molecule has 1 atom stereocenters. The monoisotopic (exact) mass is 252 g/mol. The van der Waals surface area contributed by atoms with Crippen molar-refractivity contribution in [1.82, 2.24) is 0 Å². The molecule has 3 heteroatoms. The van der Waals surface area contributed by atoms with Crippen LogP contribution >= 0.6 is 0 Å². The molecule has 0 fully saturated rings. The quantitative estimate of drug-likeness (QED) is 0.882. The molecule has 1 amide bonds. The number of anilines is 1. The SMILES string of the molecule is NC(=O)c1ccc(NC2CCc3ccccc32)cc1. The van der Waals surface area contributed by atoms with E-state index in [1.54, 1.807) is 12.1 Å². The molecule has 19 heavy (non-hydrogen) atoms. The van der Waals surface area contributed by atoms with Gasteiger partial charge in [-0.15, -0.1) is 0 Å². The Morgan fingerprint density at radius 1 is 1.11 bits per heavy atom. The second-order valence-electron chi connectivity index (χ2n) is 4.88. The summed E-state index contributed by atoms with van der Waals surface area (Å²) >= 11 is 0. The van der Waals surface area contributed by atoms with E-state index in [0.29, 0.717) is 11.6 Å². The zero-order chi connectivity index (χ0) is 13.2. The molecule has 3 N–H and O–H groups in total. The second-order valence-corrected chi connectivity index (χ2v) is 4.88. The molecular weight excluding hydrogens is 236 g/mol. The van der Waals surface area contributed by atoms with Crippen LogP contribution in [0.15, 0.2) is 48.5 Å². The number of nitrogens with two attached hydrogens (primary N) is 1. The first-order valence-corrected chi connectivity index (χ1v) is 6.48. The number of nitrogens with one attached hydrogen (secondary N) is 1. The van der Waals surface area contributed by atoms with Gasteiger partial charge in [-0.2, -0.15) is 0 Å². The first-order valence-electron chi connectivity index (χ1n) is 6.48. The van der Waals surface area contributed by atoms with Crippen LogP contribution in [0.3, 0.4) is 0 Å². The Hall–Kier alpha value is -2.29. The van der Waals surface area contributed by atoms with Crippen LogP contribution in [0.1, 0.15) is 33.9 Å². The van der Waals surface area contributed by atoms with Gasteiger partial charge in [-0.1, -0.05) is 24.3 Å². The van der Waals surface area contributed by atoms with Crippen LogP contribution in [0.5, 0.6) is 0 Å². The summed E-state index contributed by atoms with van der Waals surface area (Å²) in [5, 5.41) is 3.51. The van der Waals surface area contributed by atoms with Gasteiger partial charge < -0.3 is 11.1 Å². The van der Waals surface area contributed by atoms with Gasteiger partial charge in [0.15, 0.2) is 0 Å². The van der Waals surface area contributed by atoms with Gasteiger partial charge in [-0.3, -0.25) is 4.79 Å². The van der Waals surface area contributed by atoms with Crippen molar-refractivity contribution in [2.24, 2.45) is 5.73 Å². The first kappa shape index (κ1) is 11.8. The van der Waals surface area contributed by atoms with Crippen LogP contribution in [-0.4, -0.2) is 5.91 Å². The predicted octanol–water partition coefficient (Wildman–Crippen LogP) is 2.88. The Balaban J connectivity index is 1.78. The van der Waals surface area contributed by atoms with E-state index >= 15 is 0 Å². The molecule has 3 rings (SSSR count). The third-order valence-corrected chi connectivity index (χ3v) is 3.64. The number of benzene rings is 2. The maximum atomic E-state index is 11.0. The fourth-order valence-corrected chi connectivity index (χ4v) is 2.64. The standard InChI is InChI=1S/C16H16N2O/c17-16(19)12-5-8-13(9-6-12)18-15-10-7-11-3-1-2-4-14(11)15/h1-6,8-9,15,18H,7,10H2,(H2,17,19). The van der Waals surface area contributed by atoms with E-state index in [1.807, 2.05) is 12.1 Å². The highest BCUT2D eigenvalue weighted by molar-refractivity contribution is 5.93. The van der Waals surface area contributed by atoms with Crippen LogP contribution < -0.4 is 11.1 Å². The van der Waals surface area contributed by atoms with Crippen molar-refractivity contribution < 1.29 is 4.79 Å². The van der Waals surface area contributed by atoms with E-state index < -0.39 is 5.91 Å². The lowest BCUT2D eigenvalue weighted by molar-refractivity contribution is 0.100. The van der Waals surface area contributed by atoms with Crippen LogP contribution in [0.25, 0.3) is 0 Å². The van der Waals surface area contributed by atoms with E-state index in [4.69, 9.17) is 5.73 Å². The molecule has 1 unspecified atom stereocenters. The minimum Gasteiger partial charge on any atom is -0.378 e. The summed E-state index contributed by atoms with van der Waals surface area (Å²) in [6, 6.07) is 16.2. The Labute approximate surface area is 112 Å². The van der Waals surface area contributed by atoms with Gasteiger partial charge in [0.25, 0.3) is 0 Å². The zero-order valence-corrected chi connectivity index (χ0v) is 10.6. The van der Waals surface area contributed by atoms with Crippen LogP contribution in [0, 0.1) is 0 Å². The summed E-state index contributed by atoms with van der Waals surface area (Å²) in [5.41, 5.74) is 9.59. The van der Waals surface area contributed by atoms with Gasteiger partial charge in [0.1, 0.15) is 0 Å². The lowest BCUT2D eigenvalue weighted by Crippen LogP contribution is -2.11. The molecule has 0 spiro atoms. The van der Waals surface area contributed by atoms with Crippen LogP contribution in [0.2, 0.25) is 0 Å². The van der Waals surface area contributed by atoms with Crippen molar-refractivity contribution in [2.75, 3.05) is 5.32 Å². The lowest BCUT2D eigenvalue weighted by Gasteiger charge is -2.15. The van der Waals surface area contributed by atoms with Gasteiger partial charge in [-0.05, 0) is 48.2 Å². The number of carbonyl (C=O) groups excluding carboxylic acids is 1. The van der Waals surface area contributed by atoms with E-state index in [1.165, 1.54) is 11.1 Å². The number of amides is 1. The molecule has 0 aromatic heterocycles. The maximum Gasteiger partial charge on any atom is 0.248 e. The summed E-state index contributed by atoms with van der Waals surface area (Å²) in [4.78, 5) is 11.0. The number of carbonyl (C=O) groups is 1. The van der Waals surface area contributed by atoms with E-state index in [2.05, 4.69) is 29.6 Å². The van der Waals surface area contributed by atoms with E-state index in [0.717, 1.165) is 18.5 Å². The molecular formula is C16H16N2O. The molecule has 0 bridgehead atoms. The molecule has 0 aliphatic heterocycles. The summed E-state index contributed by atoms with van der Waals surface area (Å²) in [6.07, 6.45) is 2.23. The summed E-state index contributed by atoms with van der Waals surface area (Å²) in [6.45, 7) is 0. The highest BCUT2D eigenvalue weighted by Gasteiger charge is 2.21. The highest BCUT2D eigenvalue weighted by atomic mass is 16.1. The normalized spacial score (nSPS) is 16.9. The van der Waals surface area contributed by atoms with Crippen molar-refractivity contribution in [1.29, 1.82) is 0 Å². The third-order valence-electron chi connectivity index (χ3n) is 3.64. The summed E-state index contributed by atoms with van der Waals surface area (Å²) < 4.78 is 0. The van der Waals surface area contributed by atoms with Crippen molar-refractivity contribution in [3.63, 3.8) is 0 Å². The Morgan fingerprint density at radius 2 is 1.84 bits per heavy atom. The topological polar surface area (TPSA) is 55.1 Å². The average Bonchev–Trinajstić information content (AvgIpc) is 2.83. The molecule has 96 valence electrons. The second kappa shape index (κ2) is 4.76. The maximum absolute atomic E-state index is 11.0. The summed E-state index contributed by atoms with van der Waals surface area (Å²) in [7, 11) is 0. The molecule has 2 aromatic carbocycles. The number of rotatable bonds is 3. The fourth-order valence-electron chi connectivity index (χ4n) is 2.64. The van der Waals surface area contributed by atoms with Gasteiger partial charge >= 0.3 is 0 Å². The number of aryl methyl sites for hydroxylation is 1. The van der Waals surface area contributed by atoms with Gasteiger partial charge in [0, 0.05) is 11.3 Å². The first-order chi connectivity index (χ1) is 9.24. The number of hydrogen-bond acceptors (Lipinski definition) is 2.